The van der Waals surface area contributed by atoms with Gasteiger partial charge in [0, 0.05) is 19.5 Å². The Hall–Kier alpha value is -1.59. The van der Waals surface area contributed by atoms with Crippen LogP contribution in [-0.4, -0.2) is 41.0 Å². The molecule has 0 aliphatic carbocycles. The number of carboxylic acid groups (broad SMARTS) is 1. The van der Waals surface area contributed by atoms with Gasteiger partial charge in [-0.3, -0.25) is 14.9 Å². The van der Waals surface area contributed by atoms with E-state index in [4.69, 9.17) is 5.11 Å². The Morgan fingerprint density at radius 2 is 2.06 bits per heavy atom. The molecule has 1 atom stereocenters. The number of amides is 3. The first kappa shape index (κ1) is 12.5. The number of carbonyl (C=O) groups is 3. The summed E-state index contributed by atoms with van der Waals surface area (Å²) >= 11 is 0. The summed E-state index contributed by atoms with van der Waals surface area (Å²) in [5, 5.41) is 10.5. The second kappa shape index (κ2) is 5.48. The number of likely N-dealkylation sites (tertiary alicyclic amines) is 1. The summed E-state index contributed by atoms with van der Waals surface area (Å²) in [6.07, 6.45) is 0.525. The molecule has 1 saturated heterocycles. The number of carbonyl (C=O) groups excluding carboxylic acids is 2. The molecule has 1 aliphatic heterocycles. The molecule has 2 N–H and O–H groups in total. The van der Waals surface area contributed by atoms with Gasteiger partial charge in [-0.05, 0) is 12.3 Å². The zero-order valence-electron chi connectivity index (χ0n) is 9.23. The van der Waals surface area contributed by atoms with E-state index >= 15 is 0 Å². The van der Waals surface area contributed by atoms with Crippen LogP contribution >= 0.6 is 0 Å². The highest BCUT2D eigenvalue weighted by atomic mass is 16.4. The molecule has 1 heterocycles. The second-order valence-corrected chi connectivity index (χ2v) is 4.09. The molecule has 3 amide bonds. The number of carboxylic acids is 1. The number of nitrogens with one attached hydrogen (secondary N) is 1. The van der Waals surface area contributed by atoms with E-state index in [2.05, 4.69) is 5.32 Å². The molecule has 0 aromatic heterocycles. The maximum atomic E-state index is 11.5. The molecule has 90 valence electrons. The minimum absolute atomic E-state index is 0.162. The van der Waals surface area contributed by atoms with E-state index in [1.165, 1.54) is 0 Å². The maximum Gasteiger partial charge on any atom is 0.324 e. The fourth-order valence-corrected chi connectivity index (χ4v) is 1.60. The Bertz CT molecular complexity index is 303. The summed E-state index contributed by atoms with van der Waals surface area (Å²) in [6.45, 7) is 3.34. The van der Waals surface area contributed by atoms with Crippen molar-refractivity contribution < 1.29 is 19.5 Å². The summed E-state index contributed by atoms with van der Waals surface area (Å²) in [5.41, 5.74) is 0. The average molecular weight is 228 g/mol. The molecule has 0 radical (unpaired) electrons. The number of aliphatic carboxylic acids is 1. The van der Waals surface area contributed by atoms with Gasteiger partial charge in [-0.2, -0.15) is 0 Å². The van der Waals surface area contributed by atoms with Gasteiger partial charge in [0.25, 0.3) is 0 Å². The molecule has 16 heavy (non-hydrogen) atoms. The van der Waals surface area contributed by atoms with E-state index in [0.717, 1.165) is 6.42 Å². The molecule has 0 spiro atoms. The van der Waals surface area contributed by atoms with Gasteiger partial charge in [-0.15, -0.1) is 0 Å². The maximum absolute atomic E-state index is 11.5. The third-order valence-electron chi connectivity index (χ3n) is 2.52. The van der Waals surface area contributed by atoms with Crippen LogP contribution in [0, 0.1) is 5.92 Å². The average Bonchev–Trinajstić information content (AvgIpc) is 2.62. The van der Waals surface area contributed by atoms with Crippen molar-refractivity contribution in [3.63, 3.8) is 0 Å². The van der Waals surface area contributed by atoms with Crippen molar-refractivity contribution in [3.05, 3.63) is 0 Å². The quantitative estimate of drug-likeness (QED) is 0.733. The molecule has 6 nitrogen and oxygen atoms in total. The van der Waals surface area contributed by atoms with Crippen LogP contribution in [0.1, 0.15) is 26.2 Å². The first-order chi connectivity index (χ1) is 7.49. The van der Waals surface area contributed by atoms with Crippen molar-refractivity contribution in [2.24, 2.45) is 5.92 Å². The van der Waals surface area contributed by atoms with Gasteiger partial charge in [0.2, 0.25) is 5.91 Å². The predicted molar refractivity (Wildman–Crippen MR) is 55.8 cm³/mol. The number of rotatable bonds is 3. The summed E-state index contributed by atoms with van der Waals surface area (Å²) in [4.78, 5) is 34.5. The molecular formula is C10H16N2O4. The van der Waals surface area contributed by atoms with E-state index in [1.807, 2.05) is 6.92 Å². The predicted octanol–water partition coefficient (Wildman–Crippen LogP) is 0.429. The number of urea groups is 1. The summed E-state index contributed by atoms with van der Waals surface area (Å²) < 4.78 is 0. The third-order valence-corrected chi connectivity index (χ3v) is 2.52. The van der Waals surface area contributed by atoms with E-state index in [-0.39, 0.29) is 12.8 Å². The van der Waals surface area contributed by atoms with E-state index in [9.17, 15) is 14.4 Å². The number of hydrogen-bond acceptors (Lipinski definition) is 3. The summed E-state index contributed by atoms with van der Waals surface area (Å²) in [6, 6.07) is -0.417. The zero-order valence-corrected chi connectivity index (χ0v) is 9.23. The Morgan fingerprint density at radius 3 is 2.56 bits per heavy atom. The van der Waals surface area contributed by atoms with Gasteiger partial charge in [-0.1, -0.05) is 6.92 Å². The van der Waals surface area contributed by atoms with Crippen LogP contribution in [0.4, 0.5) is 4.79 Å². The lowest BCUT2D eigenvalue weighted by atomic mass is 10.2. The molecule has 1 rings (SSSR count). The van der Waals surface area contributed by atoms with Crippen molar-refractivity contribution in [1.82, 2.24) is 10.2 Å². The molecule has 0 aromatic carbocycles. The summed E-state index contributed by atoms with van der Waals surface area (Å²) in [7, 11) is 0. The van der Waals surface area contributed by atoms with Crippen molar-refractivity contribution in [3.8, 4) is 0 Å². The fraction of sp³-hybridized carbons (Fsp3) is 0.700. The van der Waals surface area contributed by atoms with Gasteiger partial charge < -0.3 is 10.0 Å². The van der Waals surface area contributed by atoms with Crippen LogP contribution in [0.15, 0.2) is 0 Å². The van der Waals surface area contributed by atoms with Gasteiger partial charge in [0.15, 0.2) is 0 Å². The highest BCUT2D eigenvalue weighted by Crippen LogP contribution is 2.14. The van der Waals surface area contributed by atoms with Crippen LogP contribution in [0.3, 0.4) is 0 Å². The van der Waals surface area contributed by atoms with Crippen molar-refractivity contribution in [1.29, 1.82) is 0 Å². The Kier molecular flexibility index (Phi) is 4.28. The van der Waals surface area contributed by atoms with E-state index < -0.39 is 17.9 Å². The highest BCUT2D eigenvalue weighted by Gasteiger charge is 2.24. The van der Waals surface area contributed by atoms with E-state index in [0.29, 0.717) is 19.0 Å². The number of imide groups is 1. The Labute approximate surface area is 93.6 Å². The van der Waals surface area contributed by atoms with Crippen LogP contribution in [0.25, 0.3) is 0 Å². The SMILES string of the molecule is CC1CCN(C(=O)NC(=O)CCC(=O)O)C1. The molecule has 1 unspecified atom stereocenters. The van der Waals surface area contributed by atoms with Crippen LogP contribution in [0.2, 0.25) is 0 Å². The third kappa shape index (κ3) is 3.88. The lowest BCUT2D eigenvalue weighted by Gasteiger charge is -2.15. The second-order valence-electron chi connectivity index (χ2n) is 4.09. The van der Waals surface area contributed by atoms with Crippen molar-refractivity contribution in [2.75, 3.05) is 13.1 Å². The monoisotopic (exact) mass is 228 g/mol. The molecular weight excluding hydrogens is 212 g/mol. The van der Waals surface area contributed by atoms with Gasteiger partial charge in [-0.25, -0.2) is 4.79 Å². The van der Waals surface area contributed by atoms with Crippen molar-refractivity contribution in [2.45, 2.75) is 26.2 Å². The molecule has 6 heteroatoms. The Morgan fingerprint density at radius 1 is 1.38 bits per heavy atom. The highest BCUT2D eigenvalue weighted by molar-refractivity contribution is 5.95. The van der Waals surface area contributed by atoms with Crippen molar-refractivity contribution >= 4 is 17.9 Å². The first-order valence-corrected chi connectivity index (χ1v) is 5.29. The molecule has 1 aliphatic rings. The van der Waals surface area contributed by atoms with Gasteiger partial charge in [0.1, 0.15) is 0 Å². The molecule has 0 bridgehead atoms. The Balaban J connectivity index is 2.28. The fourth-order valence-electron chi connectivity index (χ4n) is 1.60. The number of nitrogens with zero attached hydrogens (tertiary/aromatic N) is 1. The summed E-state index contributed by atoms with van der Waals surface area (Å²) in [5.74, 6) is -1.12. The van der Waals surface area contributed by atoms with Crippen LogP contribution < -0.4 is 5.32 Å². The lowest BCUT2D eigenvalue weighted by molar-refractivity contribution is -0.138. The smallest absolute Gasteiger partial charge is 0.324 e. The minimum atomic E-state index is -1.04. The standard InChI is InChI=1S/C10H16N2O4/c1-7-4-5-12(6-7)10(16)11-8(13)2-3-9(14)15/h7H,2-6H2,1H3,(H,14,15)(H,11,13,16). The molecule has 0 aromatic rings. The van der Waals surface area contributed by atoms with E-state index in [1.54, 1.807) is 4.90 Å². The van der Waals surface area contributed by atoms with Gasteiger partial charge >= 0.3 is 12.0 Å². The van der Waals surface area contributed by atoms with Gasteiger partial charge in [0.05, 0.1) is 6.42 Å². The van der Waals surface area contributed by atoms with Crippen LogP contribution in [0.5, 0.6) is 0 Å². The normalized spacial score (nSPS) is 19.6. The lowest BCUT2D eigenvalue weighted by Crippen LogP contribution is -2.41. The molecule has 0 saturated carbocycles. The number of hydrogen-bond donors (Lipinski definition) is 2. The van der Waals surface area contributed by atoms with Crippen LogP contribution in [-0.2, 0) is 9.59 Å². The first-order valence-electron chi connectivity index (χ1n) is 5.29. The minimum Gasteiger partial charge on any atom is -0.481 e. The molecule has 1 fully saturated rings. The zero-order chi connectivity index (χ0) is 12.1. The topological polar surface area (TPSA) is 86.7 Å². The largest absolute Gasteiger partial charge is 0.481 e.